The molecule has 9 aromatic rings. The Morgan fingerprint density at radius 1 is 0.247 bits per heavy atom. The Morgan fingerprint density at radius 3 is 0.857 bits per heavy atom. The van der Waals surface area contributed by atoms with Gasteiger partial charge in [-0.1, -0.05) is 249 Å². The highest BCUT2D eigenvalue weighted by Crippen LogP contribution is 2.51. The van der Waals surface area contributed by atoms with Crippen molar-refractivity contribution in [1.29, 1.82) is 0 Å². The van der Waals surface area contributed by atoms with Crippen LogP contribution in [0.4, 0.5) is 34.1 Å². The molecule has 2 aliphatic heterocycles. The fourth-order valence-corrected chi connectivity index (χ4v) is 11.7. The van der Waals surface area contributed by atoms with Gasteiger partial charge in [0.1, 0.15) is 0 Å². The first-order valence-electron chi connectivity index (χ1n) is 28.0. The zero-order chi connectivity index (χ0) is 54.6. The molecule has 0 aromatic heterocycles. The summed E-state index contributed by atoms with van der Waals surface area (Å²) in [7, 11) is 0. The van der Waals surface area contributed by atoms with Crippen molar-refractivity contribution < 1.29 is 0 Å². The summed E-state index contributed by atoms with van der Waals surface area (Å²) in [5.41, 5.74) is 27.1. The third kappa shape index (κ3) is 9.55. The van der Waals surface area contributed by atoms with Crippen LogP contribution in [0, 0.1) is 0 Å². The molecule has 2 nitrogen and oxygen atoms in total. The van der Waals surface area contributed by atoms with E-state index in [0.29, 0.717) is 0 Å². The van der Waals surface area contributed by atoms with Gasteiger partial charge in [0.15, 0.2) is 0 Å². The monoisotopic (exact) mass is 1000 g/mol. The van der Waals surface area contributed by atoms with Gasteiger partial charge in [-0.25, -0.2) is 0 Å². The lowest BCUT2D eigenvalue weighted by Crippen LogP contribution is -2.62. The minimum absolute atomic E-state index is 0.0407. The molecule has 0 unspecified atom stereocenters. The van der Waals surface area contributed by atoms with Crippen LogP contribution < -0.4 is 26.2 Å². The van der Waals surface area contributed by atoms with Gasteiger partial charge in [0, 0.05) is 33.9 Å². The summed E-state index contributed by atoms with van der Waals surface area (Å²) in [6, 6.07) is 74.6. The van der Waals surface area contributed by atoms with Gasteiger partial charge in [0.25, 0.3) is 6.71 Å². The topological polar surface area (TPSA) is 6.48 Å². The summed E-state index contributed by atoms with van der Waals surface area (Å²) in [6.45, 7) is 35.2. The maximum absolute atomic E-state index is 2.65. The van der Waals surface area contributed by atoms with Crippen molar-refractivity contribution in [1.82, 2.24) is 0 Å². The first kappa shape index (κ1) is 51.7. The molecule has 0 fully saturated rings. The Bertz CT molecular complexity index is 3440. The Hall–Kier alpha value is -7.36. The molecule has 0 atom stereocenters. The quantitative estimate of drug-likeness (QED) is 0.153. The third-order valence-corrected chi connectivity index (χ3v) is 16.5. The van der Waals surface area contributed by atoms with Crippen LogP contribution in [0.15, 0.2) is 194 Å². The molecule has 3 heteroatoms. The van der Waals surface area contributed by atoms with E-state index in [9.17, 15) is 0 Å². The fraction of sp³-hybridized carbons (Fsp3) is 0.270. The van der Waals surface area contributed by atoms with Crippen molar-refractivity contribution in [3.8, 4) is 44.5 Å². The summed E-state index contributed by atoms with van der Waals surface area (Å²) in [5.74, 6) is 0. The molecule has 0 saturated heterocycles. The van der Waals surface area contributed by atoms with Gasteiger partial charge in [-0.2, -0.15) is 0 Å². The lowest BCUT2D eigenvalue weighted by molar-refractivity contribution is 0.589. The number of anilines is 6. The van der Waals surface area contributed by atoms with Crippen molar-refractivity contribution in [2.24, 2.45) is 0 Å². The average Bonchev–Trinajstić information content (AvgIpc) is 3.49. The molecular weight excluding hydrogens is 928 g/mol. The van der Waals surface area contributed by atoms with Gasteiger partial charge >= 0.3 is 0 Å². The Labute approximate surface area is 462 Å². The summed E-state index contributed by atoms with van der Waals surface area (Å²) >= 11 is 0. The first-order chi connectivity index (χ1) is 36.3. The maximum atomic E-state index is 2.65. The second kappa shape index (κ2) is 18.7. The van der Waals surface area contributed by atoms with Crippen molar-refractivity contribution >= 4 is 57.2 Å². The standard InChI is InChI=1S/C74H77BN2/c1-70(2,3)54-34-38-63(59(42-54)52-30-26-50(27-31-52)48-22-18-16-19-23-48)76-65-40-36-56(72(7,8)9)44-61(65)75-62-45-57(73(10,11)12)37-41-66(62)77(68-47-58(74(13,14)15)46-67(76)69(68)75)64-39-35-55(71(4,5)6)43-60(64)53-32-28-51(29-33-53)49-24-20-17-21-25-49/h16-47H,1-15H3. The zero-order valence-electron chi connectivity index (χ0n) is 48.4. The van der Waals surface area contributed by atoms with Crippen LogP contribution in [-0.2, 0) is 27.1 Å². The number of hydrogen-bond donors (Lipinski definition) is 0. The highest BCUT2D eigenvalue weighted by molar-refractivity contribution is 7.00. The van der Waals surface area contributed by atoms with Crippen LogP contribution in [0.5, 0.6) is 0 Å². The van der Waals surface area contributed by atoms with Gasteiger partial charge in [-0.15, -0.1) is 0 Å². The summed E-state index contributed by atoms with van der Waals surface area (Å²) < 4.78 is 0. The second-order valence-electron chi connectivity index (χ2n) is 27.2. The van der Waals surface area contributed by atoms with E-state index in [1.54, 1.807) is 0 Å². The SMILES string of the molecule is CC(C)(C)c1ccc2c(c1)B1c3cc(C(C)(C)C)ccc3N(c3ccc(C(C)(C)C)cc3-c3ccc(-c4ccccc4)cc3)c3cc(C(C)(C)C)cc(c31)N2c1ccc(C(C)(C)C)cc1-c1ccc(-c2ccccc2)cc1. The molecule has 0 spiro atoms. The molecule has 2 heterocycles. The van der Waals surface area contributed by atoms with Crippen LogP contribution in [0.1, 0.15) is 132 Å². The molecule has 11 rings (SSSR count). The highest BCUT2D eigenvalue weighted by Gasteiger charge is 2.46. The van der Waals surface area contributed by atoms with E-state index in [1.165, 1.54) is 123 Å². The molecule has 9 aromatic carbocycles. The Balaban J connectivity index is 1.24. The highest BCUT2D eigenvalue weighted by atomic mass is 15.2. The number of rotatable bonds is 6. The minimum atomic E-state index is -0.177. The fourth-order valence-electron chi connectivity index (χ4n) is 11.7. The molecule has 0 bridgehead atoms. The third-order valence-electron chi connectivity index (χ3n) is 16.5. The van der Waals surface area contributed by atoms with E-state index < -0.39 is 0 Å². The lowest BCUT2D eigenvalue weighted by atomic mass is 9.33. The Kier molecular flexibility index (Phi) is 12.6. The van der Waals surface area contributed by atoms with E-state index in [2.05, 4.69) is 308 Å². The van der Waals surface area contributed by atoms with E-state index >= 15 is 0 Å². The molecule has 0 amide bonds. The maximum Gasteiger partial charge on any atom is 0.252 e. The van der Waals surface area contributed by atoms with Crippen LogP contribution in [-0.4, -0.2) is 6.71 Å². The van der Waals surface area contributed by atoms with Crippen LogP contribution in [0.25, 0.3) is 44.5 Å². The smallest absolute Gasteiger partial charge is 0.252 e. The van der Waals surface area contributed by atoms with Crippen LogP contribution in [0.3, 0.4) is 0 Å². The van der Waals surface area contributed by atoms with E-state index in [4.69, 9.17) is 0 Å². The van der Waals surface area contributed by atoms with E-state index in [-0.39, 0.29) is 33.8 Å². The van der Waals surface area contributed by atoms with Crippen molar-refractivity contribution in [3.05, 3.63) is 222 Å². The summed E-state index contributed by atoms with van der Waals surface area (Å²) in [5, 5.41) is 0. The normalized spacial score (nSPS) is 13.6. The van der Waals surface area contributed by atoms with Gasteiger partial charge in [-0.05, 0) is 153 Å². The minimum Gasteiger partial charge on any atom is -0.311 e. The van der Waals surface area contributed by atoms with Crippen LogP contribution >= 0.6 is 0 Å². The number of hydrogen-bond acceptors (Lipinski definition) is 2. The average molecular weight is 1010 g/mol. The molecule has 386 valence electrons. The first-order valence-corrected chi connectivity index (χ1v) is 28.0. The largest absolute Gasteiger partial charge is 0.311 e. The summed E-state index contributed by atoms with van der Waals surface area (Å²) in [4.78, 5) is 5.31. The number of nitrogens with zero attached hydrogens (tertiary/aromatic N) is 2. The van der Waals surface area contributed by atoms with Crippen molar-refractivity contribution in [2.75, 3.05) is 9.80 Å². The van der Waals surface area contributed by atoms with Crippen LogP contribution in [0.2, 0.25) is 0 Å². The van der Waals surface area contributed by atoms with Gasteiger partial charge in [-0.3, -0.25) is 0 Å². The molecule has 0 N–H and O–H groups in total. The Morgan fingerprint density at radius 2 is 0.532 bits per heavy atom. The summed E-state index contributed by atoms with van der Waals surface area (Å²) in [6.07, 6.45) is 0. The van der Waals surface area contributed by atoms with Gasteiger partial charge in [0.2, 0.25) is 0 Å². The predicted octanol–water partition coefficient (Wildman–Crippen LogP) is 18.9. The number of fused-ring (bicyclic) bond motifs is 4. The zero-order valence-corrected chi connectivity index (χ0v) is 48.4. The number of benzene rings is 9. The van der Waals surface area contributed by atoms with Crippen molar-refractivity contribution in [2.45, 2.75) is 131 Å². The lowest BCUT2D eigenvalue weighted by Gasteiger charge is -2.46. The molecular formula is C74H77BN2. The van der Waals surface area contributed by atoms with E-state index in [0.717, 1.165) is 0 Å². The molecule has 0 saturated carbocycles. The molecule has 0 aliphatic carbocycles. The second-order valence-corrected chi connectivity index (χ2v) is 27.2. The molecule has 77 heavy (non-hydrogen) atoms. The van der Waals surface area contributed by atoms with Crippen molar-refractivity contribution in [3.63, 3.8) is 0 Å². The molecule has 0 radical (unpaired) electrons. The van der Waals surface area contributed by atoms with Gasteiger partial charge in [0.05, 0.1) is 11.4 Å². The molecule has 2 aliphatic rings. The van der Waals surface area contributed by atoms with Gasteiger partial charge < -0.3 is 9.80 Å². The predicted molar refractivity (Wildman–Crippen MR) is 336 cm³/mol. The van der Waals surface area contributed by atoms with E-state index in [1.807, 2.05) is 0 Å².